The van der Waals surface area contributed by atoms with E-state index < -0.39 is 0 Å². The summed E-state index contributed by atoms with van der Waals surface area (Å²) in [6.45, 7) is 4.93. The van der Waals surface area contributed by atoms with Crippen LogP contribution in [0.3, 0.4) is 0 Å². The lowest BCUT2D eigenvalue weighted by Crippen LogP contribution is -2.07. The molecule has 1 fully saturated rings. The predicted molar refractivity (Wildman–Crippen MR) is 70.4 cm³/mol. The molecular formula is C14H20O2S. The molecule has 0 aliphatic heterocycles. The van der Waals surface area contributed by atoms with Crippen molar-refractivity contribution in [2.75, 3.05) is 6.61 Å². The van der Waals surface area contributed by atoms with Gasteiger partial charge in [-0.25, -0.2) is 0 Å². The van der Waals surface area contributed by atoms with E-state index in [2.05, 4.69) is 19.9 Å². The molecule has 0 unspecified atom stereocenters. The summed E-state index contributed by atoms with van der Waals surface area (Å²) in [5, 5.41) is 0. The highest BCUT2D eigenvalue weighted by Crippen LogP contribution is 2.29. The summed E-state index contributed by atoms with van der Waals surface area (Å²) in [7, 11) is 0. The maximum absolute atomic E-state index is 11.4. The Morgan fingerprint density at radius 3 is 2.82 bits per heavy atom. The average molecular weight is 252 g/mol. The van der Waals surface area contributed by atoms with Crippen molar-refractivity contribution in [3.63, 3.8) is 0 Å². The summed E-state index contributed by atoms with van der Waals surface area (Å²) >= 11 is 1.83. The molecule has 1 aromatic rings. The number of hydrogen-bond acceptors (Lipinski definition) is 3. The van der Waals surface area contributed by atoms with Crippen LogP contribution >= 0.6 is 11.3 Å². The van der Waals surface area contributed by atoms with E-state index in [1.807, 2.05) is 11.3 Å². The number of thiophene rings is 1. The summed E-state index contributed by atoms with van der Waals surface area (Å²) in [4.78, 5) is 14.2. The van der Waals surface area contributed by atoms with Crippen LogP contribution in [-0.4, -0.2) is 12.6 Å². The molecule has 1 saturated carbocycles. The van der Waals surface area contributed by atoms with Crippen LogP contribution in [0.5, 0.6) is 0 Å². The number of rotatable bonds is 6. The molecule has 1 aliphatic rings. The fourth-order valence-electron chi connectivity index (χ4n) is 1.92. The molecule has 2 rings (SSSR count). The number of hydrogen-bond donors (Lipinski definition) is 0. The van der Waals surface area contributed by atoms with Crippen molar-refractivity contribution in [2.45, 2.75) is 46.0 Å². The summed E-state index contributed by atoms with van der Waals surface area (Å²) in [5.74, 6) is 0.641. The first-order valence-corrected chi connectivity index (χ1v) is 7.18. The first-order chi connectivity index (χ1) is 8.15. The summed E-state index contributed by atoms with van der Waals surface area (Å²) in [5.41, 5.74) is 1.39. The van der Waals surface area contributed by atoms with Gasteiger partial charge in [0.05, 0.1) is 6.61 Å². The minimum Gasteiger partial charge on any atom is -0.465 e. The standard InChI is InChI=1S/C14H20O2S/c1-10-8-13(11(2)17-10)4-3-5-14(15)16-9-12-6-7-12/h8,12H,3-7,9H2,1-2H3. The van der Waals surface area contributed by atoms with Gasteiger partial charge in [0.25, 0.3) is 0 Å². The Balaban J connectivity index is 1.64. The van der Waals surface area contributed by atoms with E-state index >= 15 is 0 Å². The van der Waals surface area contributed by atoms with E-state index in [4.69, 9.17) is 4.74 Å². The average Bonchev–Trinajstić information content (AvgIpc) is 3.03. The third-order valence-corrected chi connectivity index (χ3v) is 4.16. The highest BCUT2D eigenvalue weighted by Gasteiger charge is 2.22. The van der Waals surface area contributed by atoms with Crippen LogP contribution in [0.25, 0.3) is 0 Å². The third kappa shape index (κ3) is 4.15. The quantitative estimate of drug-likeness (QED) is 0.722. The Morgan fingerprint density at radius 2 is 2.24 bits per heavy atom. The van der Waals surface area contributed by atoms with Crippen molar-refractivity contribution >= 4 is 17.3 Å². The van der Waals surface area contributed by atoms with Gasteiger partial charge in [0.1, 0.15) is 0 Å². The molecule has 2 nitrogen and oxygen atoms in total. The number of esters is 1. The molecule has 17 heavy (non-hydrogen) atoms. The fraction of sp³-hybridized carbons (Fsp3) is 0.643. The van der Waals surface area contributed by atoms with E-state index in [1.165, 1.54) is 28.2 Å². The minimum atomic E-state index is -0.0264. The summed E-state index contributed by atoms with van der Waals surface area (Å²) in [6, 6.07) is 2.23. The Morgan fingerprint density at radius 1 is 1.47 bits per heavy atom. The normalized spacial score (nSPS) is 14.9. The molecular weight excluding hydrogens is 232 g/mol. The van der Waals surface area contributed by atoms with Crippen LogP contribution in [0.4, 0.5) is 0 Å². The van der Waals surface area contributed by atoms with Gasteiger partial charge in [0, 0.05) is 16.2 Å². The first-order valence-electron chi connectivity index (χ1n) is 6.36. The molecule has 0 bridgehead atoms. The second kappa shape index (κ2) is 5.67. The third-order valence-electron chi connectivity index (χ3n) is 3.15. The molecule has 1 aliphatic carbocycles. The first kappa shape index (κ1) is 12.6. The number of aryl methyl sites for hydroxylation is 3. The van der Waals surface area contributed by atoms with Crippen molar-refractivity contribution in [3.8, 4) is 0 Å². The maximum atomic E-state index is 11.4. The Hall–Kier alpha value is -0.830. The van der Waals surface area contributed by atoms with E-state index in [0.29, 0.717) is 18.9 Å². The molecule has 0 N–H and O–H groups in total. The highest BCUT2D eigenvalue weighted by atomic mass is 32.1. The lowest BCUT2D eigenvalue weighted by Gasteiger charge is -2.03. The van der Waals surface area contributed by atoms with Crippen LogP contribution in [0.2, 0.25) is 0 Å². The zero-order valence-corrected chi connectivity index (χ0v) is 11.4. The maximum Gasteiger partial charge on any atom is 0.305 e. The number of carbonyl (C=O) groups is 1. The van der Waals surface area contributed by atoms with Gasteiger partial charge in [0.2, 0.25) is 0 Å². The van der Waals surface area contributed by atoms with Crippen molar-refractivity contribution in [1.82, 2.24) is 0 Å². The summed E-state index contributed by atoms with van der Waals surface area (Å²) in [6.07, 6.45) is 4.93. The number of carbonyl (C=O) groups excluding carboxylic acids is 1. The van der Waals surface area contributed by atoms with Crippen LogP contribution < -0.4 is 0 Å². The second-order valence-electron chi connectivity index (χ2n) is 4.92. The monoisotopic (exact) mass is 252 g/mol. The Bertz CT molecular complexity index is 391. The van der Waals surface area contributed by atoms with Gasteiger partial charge in [-0.05, 0) is 57.1 Å². The topological polar surface area (TPSA) is 26.3 Å². The lowest BCUT2D eigenvalue weighted by molar-refractivity contribution is -0.144. The lowest BCUT2D eigenvalue weighted by atomic mass is 10.1. The van der Waals surface area contributed by atoms with Gasteiger partial charge in [-0.2, -0.15) is 0 Å². The fourth-order valence-corrected chi connectivity index (χ4v) is 2.90. The van der Waals surface area contributed by atoms with E-state index in [-0.39, 0.29) is 5.97 Å². The molecule has 0 radical (unpaired) electrons. The van der Waals surface area contributed by atoms with Gasteiger partial charge in [-0.3, -0.25) is 4.79 Å². The molecule has 94 valence electrons. The van der Waals surface area contributed by atoms with Crippen molar-refractivity contribution in [3.05, 3.63) is 21.4 Å². The van der Waals surface area contributed by atoms with Gasteiger partial charge in [-0.1, -0.05) is 0 Å². The molecule has 0 aromatic carbocycles. The summed E-state index contributed by atoms with van der Waals surface area (Å²) < 4.78 is 5.20. The number of ether oxygens (including phenoxy) is 1. The minimum absolute atomic E-state index is 0.0264. The largest absolute Gasteiger partial charge is 0.465 e. The van der Waals surface area contributed by atoms with Gasteiger partial charge in [0.15, 0.2) is 0 Å². The smallest absolute Gasteiger partial charge is 0.305 e. The molecule has 1 aromatic heterocycles. The van der Waals surface area contributed by atoms with E-state index in [0.717, 1.165) is 12.8 Å². The van der Waals surface area contributed by atoms with Gasteiger partial charge in [-0.15, -0.1) is 11.3 Å². The molecule has 0 spiro atoms. The zero-order chi connectivity index (χ0) is 12.3. The van der Waals surface area contributed by atoms with Crippen LogP contribution in [-0.2, 0) is 16.0 Å². The molecule has 3 heteroatoms. The van der Waals surface area contributed by atoms with Crippen LogP contribution in [0.15, 0.2) is 6.07 Å². The highest BCUT2D eigenvalue weighted by molar-refractivity contribution is 7.12. The van der Waals surface area contributed by atoms with Crippen LogP contribution in [0, 0.1) is 19.8 Å². The SMILES string of the molecule is Cc1cc(CCCC(=O)OCC2CC2)c(C)s1. The van der Waals surface area contributed by atoms with E-state index in [9.17, 15) is 4.79 Å². The molecule has 0 amide bonds. The molecule has 0 saturated heterocycles. The zero-order valence-electron chi connectivity index (χ0n) is 10.6. The van der Waals surface area contributed by atoms with Crippen molar-refractivity contribution < 1.29 is 9.53 Å². The molecule has 1 heterocycles. The molecule has 0 atom stereocenters. The van der Waals surface area contributed by atoms with Crippen molar-refractivity contribution in [2.24, 2.45) is 5.92 Å². The Labute approximate surface area is 107 Å². The second-order valence-corrected chi connectivity index (χ2v) is 6.38. The predicted octanol–water partition coefficient (Wildman–Crippen LogP) is 3.64. The van der Waals surface area contributed by atoms with Gasteiger partial charge < -0.3 is 4.74 Å². The Kier molecular flexibility index (Phi) is 4.21. The van der Waals surface area contributed by atoms with Crippen LogP contribution in [0.1, 0.15) is 41.0 Å². The van der Waals surface area contributed by atoms with Crippen molar-refractivity contribution in [1.29, 1.82) is 0 Å². The van der Waals surface area contributed by atoms with Gasteiger partial charge >= 0.3 is 5.97 Å². The van der Waals surface area contributed by atoms with E-state index in [1.54, 1.807) is 0 Å².